The van der Waals surface area contributed by atoms with Crippen molar-refractivity contribution in [3.8, 4) is 0 Å². The fraction of sp³-hybridized carbons (Fsp3) is 0.625. The summed E-state index contributed by atoms with van der Waals surface area (Å²) in [6.45, 7) is 14.7. The Labute approximate surface area is 215 Å². The minimum absolute atomic E-state index is 0.183. The van der Waals surface area contributed by atoms with Gasteiger partial charge < -0.3 is 25.2 Å². The van der Waals surface area contributed by atoms with Crippen LogP contribution in [0.3, 0.4) is 0 Å². The molecule has 0 spiro atoms. The summed E-state index contributed by atoms with van der Waals surface area (Å²) in [6, 6.07) is 0. The standard InChI is InChI=1S/C24H37N3O6S2/c1-9-19-27(25-21(35-19)23(7,8)26-32)20(14(2)3)18-12-17(34-13-22(5,6)28)11-16(10-15(18)4)33-24(29,30)31/h9-10,12,15,18,28-31H,11,13H2,1-8H3/b19-9-. The molecule has 0 radical (unpaired) electrons. The van der Waals surface area contributed by atoms with Crippen LogP contribution >= 0.6 is 23.5 Å². The van der Waals surface area contributed by atoms with Crippen LogP contribution in [-0.4, -0.2) is 53.5 Å². The molecule has 0 fully saturated rings. The summed E-state index contributed by atoms with van der Waals surface area (Å²) < 4.78 is 5.02. The predicted molar refractivity (Wildman–Crippen MR) is 142 cm³/mol. The molecular formula is C24H37N3O6S2. The molecule has 9 nitrogen and oxygen atoms in total. The maximum absolute atomic E-state index is 11.5. The normalized spacial score (nSPS) is 22.9. The molecule has 0 saturated carbocycles. The van der Waals surface area contributed by atoms with Gasteiger partial charge in [0.2, 0.25) is 0 Å². The molecule has 2 rings (SSSR count). The third kappa shape index (κ3) is 8.19. The lowest BCUT2D eigenvalue weighted by Gasteiger charge is -2.29. The third-order valence-electron chi connectivity index (χ3n) is 5.26. The summed E-state index contributed by atoms with van der Waals surface area (Å²) >= 11 is 2.83. The molecule has 1 aliphatic carbocycles. The van der Waals surface area contributed by atoms with Crippen molar-refractivity contribution in [2.75, 3.05) is 5.75 Å². The van der Waals surface area contributed by atoms with Gasteiger partial charge in [-0.15, -0.1) is 16.7 Å². The Bertz CT molecular complexity index is 967. The molecule has 1 heterocycles. The van der Waals surface area contributed by atoms with Crippen LogP contribution < -0.4 is 0 Å². The zero-order chi connectivity index (χ0) is 26.8. The molecule has 0 amide bonds. The van der Waals surface area contributed by atoms with E-state index >= 15 is 0 Å². The molecule has 2 atom stereocenters. The molecule has 35 heavy (non-hydrogen) atoms. The Morgan fingerprint density at radius 3 is 2.37 bits per heavy atom. The van der Waals surface area contributed by atoms with E-state index in [1.165, 1.54) is 23.5 Å². The van der Waals surface area contributed by atoms with Gasteiger partial charge in [0.15, 0.2) is 0 Å². The highest BCUT2D eigenvalue weighted by Crippen LogP contribution is 2.45. The monoisotopic (exact) mass is 527 g/mol. The summed E-state index contributed by atoms with van der Waals surface area (Å²) in [5.74, 6) is 0.215. The molecule has 2 aliphatic rings. The van der Waals surface area contributed by atoms with Crippen molar-refractivity contribution in [2.24, 2.45) is 22.1 Å². The van der Waals surface area contributed by atoms with Gasteiger partial charge in [-0.3, -0.25) is 0 Å². The number of ether oxygens (including phenoxy) is 1. The Kier molecular flexibility index (Phi) is 9.46. The summed E-state index contributed by atoms with van der Waals surface area (Å²) in [4.78, 5) is 12.3. The zero-order valence-corrected chi connectivity index (χ0v) is 23.2. The quantitative estimate of drug-likeness (QED) is 0.251. The van der Waals surface area contributed by atoms with Gasteiger partial charge in [-0.05, 0) is 65.4 Å². The second-order valence-corrected chi connectivity index (χ2v) is 12.2. The lowest BCUT2D eigenvalue weighted by atomic mass is 9.88. The first-order valence-corrected chi connectivity index (χ1v) is 13.2. The molecule has 0 aromatic rings. The number of hydrogen-bond acceptors (Lipinski definition) is 11. The number of nitrogens with zero attached hydrogens (tertiary/aromatic N) is 3. The van der Waals surface area contributed by atoms with E-state index in [9.17, 15) is 25.3 Å². The fourth-order valence-corrected chi connectivity index (χ4v) is 5.59. The van der Waals surface area contributed by atoms with Crippen LogP contribution in [0.5, 0.6) is 0 Å². The number of hydrogen-bond donors (Lipinski definition) is 4. The van der Waals surface area contributed by atoms with Gasteiger partial charge in [0.1, 0.15) is 16.3 Å². The van der Waals surface area contributed by atoms with E-state index in [1.54, 1.807) is 33.8 Å². The van der Waals surface area contributed by atoms with Gasteiger partial charge in [-0.1, -0.05) is 41.6 Å². The fourth-order valence-electron chi connectivity index (χ4n) is 3.61. The second-order valence-electron chi connectivity index (χ2n) is 10.1. The number of thioether (sulfide) groups is 2. The first-order valence-electron chi connectivity index (χ1n) is 11.4. The Balaban J connectivity index is 2.60. The van der Waals surface area contributed by atoms with Crippen LogP contribution in [0.25, 0.3) is 0 Å². The number of nitroso groups, excluding NO2 is 1. The molecule has 0 saturated heterocycles. The van der Waals surface area contributed by atoms with Crippen molar-refractivity contribution in [1.29, 1.82) is 0 Å². The van der Waals surface area contributed by atoms with Crippen LogP contribution in [0.15, 0.2) is 55.5 Å². The predicted octanol–water partition coefficient (Wildman–Crippen LogP) is 4.58. The van der Waals surface area contributed by atoms with Gasteiger partial charge >= 0.3 is 6.16 Å². The molecule has 2 unspecified atom stereocenters. The van der Waals surface area contributed by atoms with Gasteiger partial charge in [0.05, 0.1) is 10.6 Å². The van der Waals surface area contributed by atoms with Gasteiger partial charge in [0, 0.05) is 23.8 Å². The topological polar surface area (TPSA) is 135 Å². The molecular weight excluding hydrogens is 490 g/mol. The molecule has 196 valence electrons. The van der Waals surface area contributed by atoms with Gasteiger partial charge in [-0.2, -0.15) is 5.10 Å². The Hall–Kier alpha value is -1.63. The highest BCUT2D eigenvalue weighted by molar-refractivity contribution is 8.17. The molecule has 1 aliphatic heterocycles. The van der Waals surface area contributed by atoms with E-state index in [0.717, 1.165) is 21.2 Å². The van der Waals surface area contributed by atoms with E-state index in [-0.39, 0.29) is 24.0 Å². The maximum Gasteiger partial charge on any atom is 0.452 e. The Morgan fingerprint density at radius 2 is 1.89 bits per heavy atom. The average Bonchev–Trinajstić information content (AvgIpc) is 3.07. The molecule has 0 bridgehead atoms. The highest BCUT2D eigenvalue weighted by Gasteiger charge is 2.38. The molecule has 11 heteroatoms. The number of aliphatic hydroxyl groups is 4. The van der Waals surface area contributed by atoms with Crippen LogP contribution in [0.4, 0.5) is 0 Å². The smallest absolute Gasteiger partial charge is 0.421 e. The lowest BCUT2D eigenvalue weighted by Crippen LogP contribution is -2.31. The van der Waals surface area contributed by atoms with Gasteiger partial charge in [0.25, 0.3) is 0 Å². The van der Waals surface area contributed by atoms with E-state index in [1.807, 2.05) is 38.8 Å². The van der Waals surface area contributed by atoms with Crippen molar-refractivity contribution in [1.82, 2.24) is 5.01 Å². The largest absolute Gasteiger partial charge is 0.452 e. The third-order valence-corrected chi connectivity index (χ3v) is 8.16. The molecule has 4 N–H and O–H groups in total. The minimum atomic E-state index is -3.30. The molecule has 0 aromatic heterocycles. The van der Waals surface area contributed by atoms with E-state index in [0.29, 0.717) is 10.8 Å². The average molecular weight is 528 g/mol. The Morgan fingerprint density at radius 1 is 1.26 bits per heavy atom. The van der Waals surface area contributed by atoms with Crippen LogP contribution in [0.1, 0.15) is 61.8 Å². The zero-order valence-electron chi connectivity index (χ0n) is 21.6. The van der Waals surface area contributed by atoms with E-state index in [2.05, 4.69) is 11.3 Å². The van der Waals surface area contributed by atoms with Crippen LogP contribution in [-0.2, 0) is 4.74 Å². The van der Waals surface area contributed by atoms with Crippen LogP contribution in [0, 0.1) is 16.7 Å². The van der Waals surface area contributed by atoms with Crippen molar-refractivity contribution in [3.63, 3.8) is 0 Å². The number of hydrazone groups is 1. The first-order chi connectivity index (χ1) is 16.0. The highest BCUT2D eigenvalue weighted by atomic mass is 32.2. The van der Waals surface area contributed by atoms with E-state index in [4.69, 9.17) is 9.84 Å². The first kappa shape index (κ1) is 29.6. The summed E-state index contributed by atoms with van der Waals surface area (Å²) in [5.41, 5.74) is 0.00279. The summed E-state index contributed by atoms with van der Waals surface area (Å²) in [6.07, 6.45) is 2.66. The van der Waals surface area contributed by atoms with Crippen molar-refractivity contribution >= 4 is 28.6 Å². The maximum atomic E-state index is 11.5. The van der Waals surface area contributed by atoms with Crippen LogP contribution in [0.2, 0.25) is 0 Å². The van der Waals surface area contributed by atoms with Crippen molar-refractivity contribution in [2.45, 2.75) is 79.1 Å². The second kappa shape index (κ2) is 11.2. The van der Waals surface area contributed by atoms with Gasteiger partial charge in [-0.25, -0.2) is 5.01 Å². The van der Waals surface area contributed by atoms with Crippen molar-refractivity contribution < 1.29 is 25.2 Å². The number of allylic oxidation sites excluding steroid dienone is 5. The minimum Gasteiger partial charge on any atom is -0.421 e. The SMILES string of the molecule is C/C=C1\SC(C(C)(C)N=O)=NN1C(=C(C)C)C1C=C(SCC(C)(C)O)CC(OC(O)(O)O)=CC1C. The summed E-state index contributed by atoms with van der Waals surface area (Å²) in [5, 5.41) is 49.8. The summed E-state index contributed by atoms with van der Waals surface area (Å²) in [7, 11) is 0. The molecule has 0 aromatic carbocycles. The van der Waals surface area contributed by atoms with Crippen molar-refractivity contribution in [3.05, 3.63) is 50.1 Å². The number of rotatable bonds is 9. The lowest BCUT2D eigenvalue weighted by molar-refractivity contribution is -0.442. The van der Waals surface area contributed by atoms with E-state index < -0.39 is 17.3 Å².